The summed E-state index contributed by atoms with van der Waals surface area (Å²) in [6, 6.07) is 5.82. The zero-order valence-electron chi connectivity index (χ0n) is 10.1. The maximum Gasteiger partial charge on any atom is 0.163 e. The quantitative estimate of drug-likeness (QED) is 0.885. The van der Waals surface area contributed by atoms with Crippen molar-refractivity contribution in [3.63, 3.8) is 0 Å². The van der Waals surface area contributed by atoms with Crippen LogP contribution in [0.5, 0.6) is 0 Å². The highest BCUT2D eigenvalue weighted by Crippen LogP contribution is 2.18. The summed E-state index contributed by atoms with van der Waals surface area (Å²) in [6.07, 6.45) is 3.56. The van der Waals surface area contributed by atoms with E-state index in [9.17, 15) is 8.78 Å². The van der Waals surface area contributed by atoms with Gasteiger partial charge in [0.1, 0.15) is 0 Å². The highest BCUT2D eigenvalue weighted by atomic mass is 19.2. The fourth-order valence-electron chi connectivity index (χ4n) is 1.79. The first kappa shape index (κ1) is 12.7. The zero-order chi connectivity index (χ0) is 13.0. The van der Waals surface area contributed by atoms with Crippen molar-refractivity contribution in [2.75, 3.05) is 6.54 Å². The Hall–Kier alpha value is -1.75. The van der Waals surface area contributed by atoms with E-state index in [1.54, 1.807) is 23.9 Å². The molecule has 96 valence electrons. The van der Waals surface area contributed by atoms with Gasteiger partial charge in [0.2, 0.25) is 0 Å². The SMILES string of the molecule is CC(NCCn1cccn1)c1cccc(F)c1F. The molecule has 1 unspecified atom stereocenters. The molecule has 3 nitrogen and oxygen atoms in total. The molecule has 0 aliphatic heterocycles. The Bertz CT molecular complexity index is 497. The Morgan fingerprint density at radius 1 is 1.33 bits per heavy atom. The molecule has 1 N–H and O–H groups in total. The van der Waals surface area contributed by atoms with Crippen molar-refractivity contribution in [3.8, 4) is 0 Å². The van der Waals surface area contributed by atoms with E-state index in [-0.39, 0.29) is 6.04 Å². The molecule has 0 saturated heterocycles. The fraction of sp³-hybridized carbons (Fsp3) is 0.308. The van der Waals surface area contributed by atoms with Crippen molar-refractivity contribution in [1.82, 2.24) is 15.1 Å². The molecule has 1 atom stereocenters. The van der Waals surface area contributed by atoms with E-state index >= 15 is 0 Å². The van der Waals surface area contributed by atoms with E-state index in [0.29, 0.717) is 18.7 Å². The summed E-state index contributed by atoms with van der Waals surface area (Å²) in [7, 11) is 0. The van der Waals surface area contributed by atoms with E-state index in [2.05, 4.69) is 10.4 Å². The van der Waals surface area contributed by atoms with Gasteiger partial charge in [-0.05, 0) is 19.1 Å². The molecule has 0 amide bonds. The first-order valence-corrected chi connectivity index (χ1v) is 5.83. The number of aromatic nitrogens is 2. The van der Waals surface area contributed by atoms with Crippen molar-refractivity contribution >= 4 is 0 Å². The fourth-order valence-corrected chi connectivity index (χ4v) is 1.79. The van der Waals surface area contributed by atoms with Crippen LogP contribution in [0.25, 0.3) is 0 Å². The first-order valence-electron chi connectivity index (χ1n) is 5.83. The molecule has 0 aliphatic rings. The van der Waals surface area contributed by atoms with Gasteiger partial charge in [0.25, 0.3) is 0 Å². The van der Waals surface area contributed by atoms with Gasteiger partial charge in [-0.25, -0.2) is 8.78 Å². The van der Waals surface area contributed by atoms with Crippen LogP contribution in [0.1, 0.15) is 18.5 Å². The van der Waals surface area contributed by atoms with Crippen molar-refractivity contribution < 1.29 is 8.78 Å². The molecule has 0 bridgehead atoms. The van der Waals surface area contributed by atoms with Crippen LogP contribution in [0.15, 0.2) is 36.7 Å². The second-order valence-corrected chi connectivity index (χ2v) is 4.09. The molecular formula is C13H15F2N3. The van der Waals surface area contributed by atoms with E-state index in [4.69, 9.17) is 0 Å². The van der Waals surface area contributed by atoms with Crippen LogP contribution in [0.2, 0.25) is 0 Å². The van der Waals surface area contributed by atoms with E-state index in [1.807, 2.05) is 12.3 Å². The monoisotopic (exact) mass is 251 g/mol. The first-order chi connectivity index (χ1) is 8.68. The second-order valence-electron chi connectivity index (χ2n) is 4.09. The number of halogens is 2. The Balaban J connectivity index is 1.91. The predicted octanol–water partition coefficient (Wildman–Crippen LogP) is 2.51. The van der Waals surface area contributed by atoms with Gasteiger partial charge in [0, 0.05) is 30.5 Å². The molecule has 0 fully saturated rings. The van der Waals surface area contributed by atoms with E-state index in [1.165, 1.54) is 6.07 Å². The van der Waals surface area contributed by atoms with Crippen molar-refractivity contribution in [2.24, 2.45) is 0 Å². The molecule has 5 heteroatoms. The van der Waals surface area contributed by atoms with Crippen LogP contribution in [0, 0.1) is 11.6 Å². The number of rotatable bonds is 5. The third-order valence-electron chi connectivity index (χ3n) is 2.80. The maximum absolute atomic E-state index is 13.5. The standard InChI is InChI=1S/C13H15F2N3/c1-10(11-4-2-5-12(14)13(11)15)16-7-9-18-8-3-6-17-18/h2-6,8,10,16H,7,9H2,1H3. The van der Waals surface area contributed by atoms with Crippen LogP contribution in [-0.4, -0.2) is 16.3 Å². The largest absolute Gasteiger partial charge is 0.308 e. The summed E-state index contributed by atoms with van der Waals surface area (Å²) in [5.74, 6) is -1.59. The molecule has 1 aromatic heterocycles. The Morgan fingerprint density at radius 2 is 2.17 bits per heavy atom. The summed E-state index contributed by atoms with van der Waals surface area (Å²) >= 11 is 0. The van der Waals surface area contributed by atoms with Crippen molar-refractivity contribution in [2.45, 2.75) is 19.5 Å². The van der Waals surface area contributed by atoms with Crippen molar-refractivity contribution in [1.29, 1.82) is 0 Å². The summed E-state index contributed by atoms with van der Waals surface area (Å²) in [5, 5.41) is 7.20. The lowest BCUT2D eigenvalue weighted by Crippen LogP contribution is -2.24. The lowest BCUT2D eigenvalue weighted by Gasteiger charge is -2.15. The maximum atomic E-state index is 13.5. The number of nitrogens with zero attached hydrogens (tertiary/aromatic N) is 2. The van der Waals surface area contributed by atoms with Crippen LogP contribution in [-0.2, 0) is 6.54 Å². The minimum absolute atomic E-state index is 0.240. The Kier molecular flexibility index (Phi) is 4.04. The molecule has 2 rings (SSSR count). The number of benzene rings is 1. The average molecular weight is 251 g/mol. The van der Waals surface area contributed by atoms with Crippen molar-refractivity contribution in [3.05, 3.63) is 53.9 Å². The minimum Gasteiger partial charge on any atom is -0.308 e. The highest BCUT2D eigenvalue weighted by Gasteiger charge is 2.13. The van der Waals surface area contributed by atoms with E-state index in [0.717, 1.165) is 6.07 Å². The number of hydrogen-bond acceptors (Lipinski definition) is 2. The minimum atomic E-state index is -0.812. The van der Waals surface area contributed by atoms with Crippen LogP contribution in [0.3, 0.4) is 0 Å². The molecule has 0 spiro atoms. The number of nitrogens with one attached hydrogen (secondary N) is 1. The normalized spacial score (nSPS) is 12.6. The highest BCUT2D eigenvalue weighted by molar-refractivity contribution is 5.21. The second kappa shape index (κ2) is 5.73. The molecule has 1 heterocycles. The third-order valence-corrected chi connectivity index (χ3v) is 2.80. The summed E-state index contributed by atoms with van der Waals surface area (Å²) in [6.45, 7) is 3.13. The summed E-state index contributed by atoms with van der Waals surface area (Å²) < 4.78 is 28.4. The molecular weight excluding hydrogens is 236 g/mol. The Morgan fingerprint density at radius 3 is 2.89 bits per heavy atom. The van der Waals surface area contributed by atoms with Gasteiger partial charge in [-0.3, -0.25) is 4.68 Å². The van der Waals surface area contributed by atoms with Crippen LogP contribution < -0.4 is 5.32 Å². The van der Waals surface area contributed by atoms with Gasteiger partial charge in [-0.1, -0.05) is 12.1 Å². The molecule has 1 aromatic carbocycles. The topological polar surface area (TPSA) is 29.9 Å². The summed E-state index contributed by atoms with van der Waals surface area (Å²) in [5.41, 5.74) is 0.343. The average Bonchev–Trinajstić information content (AvgIpc) is 2.85. The zero-order valence-corrected chi connectivity index (χ0v) is 10.1. The number of hydrogen-bond donors (Lipinski definition) is 1. The van der Waals surface area contributed by atoms with Gasteiger partial charge in [-0.2, -0.15) is 5.10 Å². The van der Waals surface area contributed by atoms with Crippen LogP contribution >= 0.6 is 0 Å². The van der Waals surface area contributed by atoms with Gasteiger partial charge in [0.05, 0.1) is 6.54 Å². The van der Waals surface area contributed by atoms with Gasteiger partial charge in [-0.15, -0.1) is 0 Å². The molecule has 18 heavy (non-hydrogen) atoms. The summed E-state index contributed by atoms with van der Waals surface area (Å²) in [4.78, 5) is 0. The smallest absolute Gasteiger partial charge is 0.163 e. The lowest BCUT2D eigenvalue weighted by atomic mass is 10.1. The van der Waals surface area contributed by atoms with Gasteiger partial charge in [0.15, 0.2) is 11.6 Å². The van der Waals surface area contributed by atoms with E-state index < -0.39 is 11.6 Å². The third kappa shape index (κ3) is 2.92. The van der Waals surface area contributed by atoms with Gasteiger partial charge < -0.3 is 5.32 Å². The molecule has 0 aliphatic carbocycles. The Labute approximate surface area is 104 Å². The van der Waals surface area contributed by atoms with Crippen LogP contribution in [0.4, 0.5) is 8.78 Å². The molecule has 0 radical (unpaired) electrons. The lowest BCUT2D eigenvalue weighted by molar-refractivity contribution is 0.461. The van der Waals surface area contributed by atoms with Gasteiger partial charge >= 0.3 is 0 Å². The molecule has 0 saturated carbocycles. The predicted molar refractivity (Wildman–Crippen MR) is 65.0 cm³/mol. The molecule has 2 aromatic rings.